The molecule has 23 heavy (non-hydrogen) atoms. The van der Waals surface area contributed by atoms with Crippen LogP contribution >= 0.6 is 0 Å². The molecule has 0 aliphatic heterocycles. The van der Waals surface area contributed by atoms with Crippen molar-refractivity contribution < 1.29 is 18.3 Å². The summed E-state index contributed by atoms with van der Waals surface area (Å²) in [6, 6.07) is 0. The van der Waals surface area contributed by atoms with Gasteiger partial charge in [0.05, 0.1) is 0 Å². The van der Waals surface area contributed by atoms with Crippen molar-refractivity contribution in [2.75, 3.05) is 0 Å². The van der Waals surface area contributed by atoms with Crippen LogP contribution in [0.1, 0.15) is 67.7 Å². The van der Waals surface area contributed by atoms with E-state index in [1.54, 1.807) is 6.08 Å². The second kappa shape index (κ2) is 6.42. The van der Waals surface area contributed by atoms with Gasteiger partial charge in [-0.2, -0.15) is 13.2 Å². The molecule has 1 N–H and O–H groups in total. The van der Waals surface area contributed by atoms with E-state index in [1.165, 1.54) is 0 Å². The third kappa shape index (κ3) is 5.23. The quantitative estimate of drug-likeness (QED) is 0.629. The van der Waals surface area contributed by atoms with Gasteiger partial charge in [0, 0.05) is 5.92 Å². The summed E-state index contributed by atoms with van der Waals surface area (Å²) in [5, 5.41) is 9.87. The lowest BCUT2D eigenvalue weighted by Crippen LogP contribution is -2.49. The highest BCUT2D eigenvalue weighted by atomic mass is 19.4. The van der Waals surface area contributed by atoms with E-state index in [0.29, 0.717) is 18.8 Å². The highest BCUT2D eigenvalue weighted by Crippen LogP contribution is 2.47. The summed E-state index contributed by atoms with van der Waals surface area (Å²) >= 11 is 0. The van der Waals surface area contributed by atoms with Gasteiger partial charge in [-0.3, -0.25) is 0 Å². The second-order valence-corrected chi connectivity index (χ2v) is 9.62. The Bertz CT molecular complexity index is 421. The van der Waals surface area contributed by atoms with Crippen molar-refractivity contribution in [3.8, 4) is 0 Å². The smallest absolute Gasteiger partial charge is 0.380 e. The van der Waals surface area contributed by atoms with E-state index in [0.717, 1.165) is 13.3 Å². The predicted molar refractivity (Wildman–Crippen MR) is 89.0 cm³/mol. The Morgan fingerprint density at radius 2 is 1.48 bits per heavy atom. The zero-order valence-corrected chi connectivity index (χ0v) is 15.6. The molecule has 1 rings (SSSR count). The van der Waals surface area contributed by atoms with E-state index in [2.05, 4.69) is 41.5 Å². The Morgan fingerprint density at radius 1 is 0.957 bits per heavy atom. The zero-order valence-electron chi connectivity index (χ0n) is 15.6. The van der Waals surface area contributed by atoms with Crippen molar-refractivity contribution in [3.05, 3.63) is 12.2 Å². The summed E-state index contributed by atoms with van der Waals surface area (Å²) in [4.78, 5) is 0. The van der Waals surface area contributed by atoms with Gasteiger partial charge in [-0.1, -0.05) is 53.7 Å². The van der Waals surface area contributed by atoms with Crippen LogP contribution in [-0.4, -0.2) is 16.9 Å². The van der Waals surface area contributed by atoms with Crippen LogP contribution in [0, 0.1) is 28.6 Å². The van der Waals surface area contributed by atoms with E-state index in [1.807, 2.05) is 6.08 Å². The van der Waals surface area contributed by atoms with Crippen molar-refractivity contribution in [1.29, 1.82) is 0 Å². The molecule has 0 radical (unpaired) electrons. The van der Waals surface area contributed by atoms with E-state index >= 15 is 0 Å². The fourth-order valence-electron chi connectivity index (χ4n) is 3.61. The fraction of sp³-hybridized carbons (Fsp3) is 0.895. The van der Waals surface area contributed by atoms with Gasteiger partial charge in [0.2, 0.25) is 0 Å². The maximum Gasteiger partial charge on any atom is 0.417 e. The summed E-state index contributed by atoms with van der Waals surface area (Å²) in [5.74, 6) is -0.168. The van der Waals surface area contributed by atoms with Gasteiger partial charge in [0.15, 0.2) is 5.60 Å². The lowest BCUT2D eigenvalue weighted by Gasteiger charge is -2.43. The molecule has 4 unspecified atom stereocenters. The number of hydrogen-bond acceptors (Lipinski definition) is 1. The normalized spacial score (nSPS) is 27.6. The molecule has 1 aliphatic carbocycles. The van der Waals surface area contributed by atoms with Crippen LogP contribution in [0.4, 0.5) is 13.2 Å². The Balaban J connectivity index is 2.95. The summed E-state index contributed by atoms with van der Waals surface area (Å²) in [6.07, 6.45) is 1.05. The molecule has 0 bridgehead atoms. The van der Waals surface area contributed by atoms with Crippen LogP contribution in [0.25, 0.3) is 0 Å². The number of hydrogen-bond donors (Lipinski definition) is 1. The van der Waals surface area contributed by atoms with Gasteiger partial charge in [0.25, 0.3) is 0 Å². The molecule has 0 saturated heterocycles. The van der Waals surface area contributed by atoms with Gasteiger partial charge < -0.3 is 5.11 Å². The first kappa shape index (κ1) is 20.5. The Hall–Kier alpha value is -0.510. The Morgan fingerprint density at radius 3 is 1.78 bits per heavy atom. The van der Waals surface area contributed by atoms with Crippen molar-refractivity contribution in [1.82, 2.24) is 0 Å². The molecule has 4 atom stereocenters. The van der Waals surface area contributed by atoms with E-state index in [4.69, 9.17) is 0 Å². The molecule has 1 nitrogen and oxygen atoms in total. The first-order valence-corrected chi connectivity index (χ1v) is 8.53. The van der Waals surface area contributed by atoms with Crippen LogP contribution in [0.2, 0.25) is 0 Å². The van der Waals surface area contributed by atoms with Gasteiger partial charge in [-0.05, 0) is 48.9 Å². The van der Waals surface area contributed by atoms with Crippen LogP contribution < -0.4 is 0 Å². The van der Waals surface area contributed by atoms with Crippen LogP contribution in [0.15, 0.2) is 12.2 Å². The maximum atomic E-state index is 13.0. The number of halogens is 3. The maximum absolute atomic E-state index is 13.0. The zero-order chi connectivity index (χ0) is 18.3. The standard InChI is InChI=1S/C19H33F3O/c1-16(2,3)12-15(17(4,5)6)13-8-10-14(11-9-13)18(7,23)19(20,21)22/h8,10,13-15,23H,9,11-12H2,1-7H3. The largest absolute Gasteiger partial charge is 0.417 e. The van der Waals surface area contributed by atoms with Gasteiger partial charge in [0.1, 0.15) is 0 Å². The first-order valence-electron chi connectivity index (χ1n) is 8.53. The van der Waals surface area contributed by atoms with E-state index < -0.39 is 17.7 Å². The molecule has 1 aliphatic rings. The van der Waals surface area contributed by atoms with Crippen molar-refractivity contribution in [2.45, 2.75) is 79.5 Å². The second-order valence-electron chi connectivity index (χ2n) is 9.62. The van der Waals surface area contributed by atoms with E-state index in [9.17, 15) is 18.3 Å². The minimum absolute atomic E-state index is 0.0989. The Kier molecular flexibility index (Phi) is 5.73. The Labute approximate surface area is 139 Å². The molecule has 136 valence electrons. The molecular weight excluding hydrogens is 301 g/mol. The minimum atomic E-state index is -4.59. The summed E-state index contributed by atoms with van der Waals surface area (Å²) < 4.78 is 39.0. The van der Waals surface area contributed by atoms with Gasteiger partial charge in [-0.15, -0.1) is 0 Å². The molecule has 0 aromatic rings. The lowest BCUT2D eigenvalue weighted by molar-refractivity contribution is -0.267. The summed E-state index contributed by atoms with van der Waals surface area (Å²) in [7, 11) is 0. The molecule has 0 aromatic heterocycles. The minimum Gasteiger partial charge on any atom is -0.380 e. The van der Waals surface area contributed by atoms with Crippen molar-refractivity contribution in [3.63, 3.8) is 0 Å². The summed E-state index contributed by atoms with van der Waals surface area (Å²) in [6.45, 7) is 14.1. The van der Waals surface area contributed by atoms with E-state index in [-0.39, 0.29) is 16.7 Å². The van der Waals surface area contributed by atoms with Crippen LogP contribution in [-0.2, 0) is 0 Å². The molecular formula is C19H33F3O. The number of rotatable bonds is 3. The molecule has 0 heterocycles. The third-order valence-corrected chi connectivity index (χ3v) is 5.16. The number of aliphatic hydroxyl groups is 1. The summed E-state index contributed by atoms with van der Waals surface area (Å²) in [5.41, 5.74) is -2.36. The first-order chi connectivity index (χ1) is 10.1. The lowest BCUT2D eigenvalue weighted by atomic mass is 9.63. The topological polar surface area (TPSA) is 20.2 Å². The number of allylic oxidation sites excluding steroid dienone is 1. The molecule has 0 amide bonds. The molecule has 0 saturated carbocycles. The van der Waals surface area contributed by atoms with Crippen molar-refractivity contribution in [2.24, 2.45) is 28.6 Å². The van der Waals surface area contributed by atoms with Crippen LogP contribution in [0.3, 0.4) is 0 Å². The highest BCUT2D eigenvalue weighted by Gasteiger charge is 2.54. The molecule has 0 spiro atoms. The van der Waals surface area contributed by atoms with Gasteiger partial charge in [-0.25, -0.2) is 0 Å². The van der Waals surface area contributed by atoms with Crippen molar-refractivity contribution >= 4 is 0 Å². The fourth-order valence-corrected chi connectivity index (χ4v) is 3.61. The predicted octanol–water partition coefficient (Wildman–Crippen LogP) is 5.98. The van der Waals surface area contributed by atoms with Gasteiger partial charge >= 0.3 is 6.18 Å². The number of alkyl halides is 3. The average molecular weight is 334 g/mol. The molecule has 0 fully saturated rings. The average Bonchev–Trinajstić information content (AvgIpc) is 2.32. The SMILES string of the molecule is CC(C)(C)CC(C1C=CC(C(C)(O)C(F)(F)F)CC1)C(C)(C)C. The molecule has 0 aromatic carbocycles. The highest BCUT2D eigenvalue weighted by molar-refractivity contribution is 5.08. The third-order valence-electron chi connectivity index (χ3n) is 5.16. The van der Waals surface area contributed by atoms with Crippen LogP contribution in [0.5, 0.6) is 0 Å². The monoisotopic (exact) mass is 334 g/mol. The molecule has 4 heteroatoms.